The number of nitrogens with zero attached hydrogens (tertiary/aromatic N) is 2. The molecule has 2 aromatic rings. The van der Waals surface area contributed by atoms with Crippen LogP contribution in [-0.2, 0) is 6.18 Å². The van der Waals surface area contributed by atoms with Gasteiger partial charge in [0.2, 0.25) is 5.95 Å². The Labute approximate surface area is 135 Å². The first-order chi connectivity index (χ1) is 11.2. The molecule has 0 spiro atoms. The van der Waals surface area contributed by atoms with E-state index >= 15 is 0 Å². The molecule has 1 heterocycles. The van der Waals surface area contributed by atoms with Crippen molar-refractivity contribution < 1.29 is 22.7 Å². The van der Waals surface area contributed by atoms with Crippen molar-refractivity contribution in [2.24, 2.45) is 0 Å². The maximum Gasteiger partial charge on any atom is 0.433 e. The van der Waals surface area contributed by atoms with Crippen LogP contribution in [0.25, 0.3) is 0 Å². The van der Waals surface area contributed by atoms with Crippen LogP contribution < -0.4 is 10.6 Å². The van der Waals surface area contributed by atoms with E-state index in [2.05, 4.69) is 20.6 Å². The largest absolute Gasteiger partial charge is 0.433 e. The maximum atomic E-state index is 13.6. The number of hydrogen-bond acceptors (Lipinski definition) is 5. The molecule has 0 unspecified atom stereocenters. The molecule has 0 saturated carbocycles. The molecule has 24 heavy (non-hydrogen) atoms. The lowest BCUT2D eigenvalue weighted by molar-refractivity contribution is -0.141. The number of halogens is 4. The molecule has 0 aliphatic carbocycles. The normalized spacial score (nSPS) is 12.8. The van der Waals surface area contributed by atoms with Gasteiger partial charge in [0, 0.05) is 17.8 Å². The van der Waals surface area contributed by atoms with Crippen molar-refractivity contribution in [3.05, 3.63) is 41.3 Å². The van der Waals surface area contributed by atoms with Gasteiger partial charge < -0.3 is 15.7 Å². The van der Waals surface area contributed by atoms with Gasteiger partial charge in [0.25, 0.3) is 0 Å². The number of nitrogens with one attached hydrogen (secondary N) is 2. The predicted molar refractivity (Wildman–Crippen MR) is 81.6 cm³/mol. The summed E-state index contributed by atoms with van der Waals surface area (Å²) in [6.07, 6.45) is -4.67. The van der Waals surface area contributed by atoms with Gasteiger partial charge in [0.15, 0.2) is 5.69 Å². The Kier molecular flexibility index (Phi) is 5.23. The highest BCUT2D eigenvalue weighted by atomic mass is 19.4. The number of benzene rings is 1. The monoisotopic (exact) mass is 344 g/mol. The lowest BCUT2D eigenvalue weighted by Crippen LogP contribution is -2.22. The Bertz CT molecular complexity index is 721. The number of hydrogen-bond donors (Lipinski definition) is 3. The van der Waals surface area contributed by atoms with Gasteiger partial charge in [0.05, 0.1) is 6.61 Å². The topological polar surface area (TPSA) is 70.1 Å². The third-order valence-electron chi connectivity index (χ3n) is 3.11. The molecule has 0 amide bonds. The number of aliphatic hydroxyl groups is 1. The minimum absolute atomic E-state index is 0.145. The molecule has 5 nitrogen and oxygen atoms in total. The van der Waals surface area contributed by atoms with Crippen LogP contribution in [0.4, 0.5) is 35.0 Å². The average molecular weight is 344 g/mol. The van der Waals surface area contributed by atoms with E-state index in [1.54, 1.807) is 13.8 Å². The van der Waals surface area contributed by atoms with Gasteiger partial charge in [-0.2, -0.15) is 18.2 Å². The van der Waals surface area contributed by atoms with Crippen LogP contribution >= 0.6 is 0 Å². The minimum atomic E-state index is -4.67. The lowest BCUT2D eigenvalue weighted by atomic mass is 10.2. The fourth-order valence-electron chi connectivity index (χ4n) is 1.81. The van der Waals surface area contributed by atoms with Gasteiger partial charge in [-0.3, -0.25) is 0 Å². The molecular formula is C15H16F4N4O. The number of alkyl halides is 3. The second-order valence-corrected chi connectivity index (χ2v) is 5.28. The minimum Gasteiger partial charge on any atom is -0.394 e. The number of rotatable bonds is 5. The Morgan fingerprint density at radius 2 is 1.92 bits per heavy atom. The summed E-state index contributed by atoms with van der Waals surface area (Å²) in [5.41, 5.74) is -0.482. The van der Waals surface area contributed by atoms with Gasteiger partial charge in [-0.1, -0.05) is 6.07 Å². The molecule has 9 heteroatoms. The second-order valence-electron chi connectivity index (χ2n) is 5.28. The standard InChI is InChI=1S/C15H16F4N4O/c1-8-3-4-10(5-11(8)16)21-13-6-12(15(17,18)19)22-14(23-13)20-9(2)7-24/h3-6,9,24H,7H2,1-2H3,(H2,20,21,22,23)/t9-/m0/s1. The molecule has 0 aliphatic rings. The zero-order valence-electron chi connectivity index (χ0n) is 12.9. The summed E-state index contributed by atoms with van der Waals surface area (Å²) in [4.78, 5) is 7.31. The van der Waals surface area contributed by atoms with Gasteiger partial charge in [-0.05, 0) is 31.5 Å². The molecule has 2 rings (SSSR count). The zero-order valence-corrected chi connectivity index (χ0v) is 12.9. The van der Waals surface area contributed by atoms with E-state index in [4.69, 9.17) is 5.11 Å². The van der Waals surface area contributed by atoms with E-state index in [1.807, 2.05) is 0 Å². The maximum absolute atomic E-state index is 13.6. The van der Waals surface area contributed by atoms with Crippen LogP contribution in [0.15, 0.2) is 24.3 Å². The zero-order chi connectivity index (χ0) is 17.9. The predicted octanol–water partition coefficient (Wildman–Crippen LogP) is 3.48. The van der Waals surface area contributed by atoms with Crippen molar-refractivity contribution in [1.29, 1.82) is 0 Å². The highest BCUT2D eigenvalue weighted by Crippen LogP contribution is 2.30. The number of aromatic nitrogens is 2. The summed E-state index contributed by atoms with van der Waals surface area (Å²) in [5, 5.41) is 14.2. The molecule has 130 valence electrons. The summed E-state index contributed by atoms with van der Waals surface area (Å²) >= 11 is 0. The number of aryl methyl sites for hydroxylation is 1. The van der Waals surface area contributed by atoms with E-state index in [0.29, 0.717) is 5.56 Å². The first kappa shape index (κ1) is 17.9. The highest BCUT2D eigenvalue weighted by molar-refractivity contribution is 5.58. The van der Waals surface area contributed by atoms with Crippen molar-refractivity contribution in [2.45, 2.75) is 26.1 Å². The smallest absolute Gasteiger partial charge is 0.394 e. The van der Waals surface area contributed by atoms with Crippen molar-refractivity contribution in [3.63, 3.8) is 0 Å². The van der Waals surface area contributed by atoms with Crippen LogP contribution in [0.2, 0.25) is 0 Å². The SMILES string of the molecule is Cc1ccc(Nc2cc(C(F)(F)F)nc(N[C@@H](C)CO)n2)cc1F. The number of anilines is 3. The van der Waals surface area contributed by atoms with Gasteiger partial charge in [-0.15, -0.1) is 0 Å². The molecule has 1 aromatic heterocycles. The summed E-state index contributed by atoms with van der Waals surface area (Å²) in [6.45, 7) is 2.83. The van der Waals surface area contributed by atoms with Crippen LogP contribution in [0.1, 0.15) is 18.2 Å². The summed E-state index contributed by atoms with van der Waals surface area (Å²) < 4.78 is 52.5. The van der Waals surface area contributed by atoms with Crippen molar-refractivity contribution in [3.8, 4) is 0 Å². The van der Waals surface area contributed by atoms with Crippen LogP contribution in [0.5, 0.6) is 0 Å². The average Bonchev–Trinajstić information content (AvgIpc) is 2.49. The Morgan fingerprint density at radius 3 is 2.50 bits per heavy atom. The fraction of sp³-hybridized carbons (Fsp3) is 0.333. The van der Waals surface area contributed by atoms with Crippen molar-refractivity contribution in [1.82, 2.24) is 9.97 Å². The molecular weight excluding hydrogens is 328 g/mol. The Morgan fingerprint density at radius 1 is 1.21 bits per heavy atom. The van der Waals surface area contributed by atoms with E-state index in [-0.39, 0.29) is 24.1 Å². The quantitative estimate of drug-likeness (QED) is 0.725. The van der Waals surface area contributed by atoms with Gasteiger partial charge >= 0.3 is 6.18 Å². The molecule has 3 N–H and O–H groups in total. The Hall–Kier alpha value is -2.42. The molecule has 0 saturated heterocycles. The summed E-state index contributed by atoms with van der Waals surface area (Å²) in [6, 6.07) is 4.38. The number of aliphatic hydroxyl groups excluding tert-OH is 1. The fourth-order valence-corrected chi connectivity index (χ4v) is 1.81. The summed E-state index contributed by atoms with van der Waals surface area (Å²) in [5.74, 6) is -0.924. The third kappa shape index (κ3) is 4.54. The molecule has 0 radical (unpaired) electrons. The highest BCUT2D eigenvalue weighted by Gasteiger charge is 2.34. The first-order valence-corrected chi connectivity index (χ1v) is 7.06. The molecule has 0 fully saturated rings. The summed E-state index contributed by atoms with van der Waals surface area (Å²) in [7, 11) is 0. The van der Waals surface area contributed by atoms with E-state index < -0.39 is 23.7 Å². The molecule has 0 bridgehead atoms. The second kappa shape index (κ2) is 7.00. The van der Waals surface area contributed by atoms with Crippen LogP contribution in [-0.4, -0.2) is 27.7 Å². The molecule has 1 atom stereocenters. The first-order valence-electron chi connectivity index (χ1n) is 7.06. The molecule has 1 aromatic carbocycles. The third-order valence-corrected chi connectivity index (χ3v) is 3.11. The van der Waals surface area contributed by atoms with E-state index in [9.17, 15) is 17.6 Å². The van der Waals surface area contributed by atoms with E-state index in [0.717, 1.165) is 12.1 Å². The lowest BCUT2D eigenvalue weighted by Gasteiger charge is -2.15. The van der Waals surface area contributed by atoms with Crippen LogP contribution in [0.3, 0.4) is 0 Å². The van der Waals surface area contributed by atoms with E-state index in [1.165, 1.54) is 12.1 Å². The van der Waals surface area contributed by atoms with Gasteiger partial charge in [-0.25, -0.2) is 9.37 Å². The van der Waals surface area contributed by atoms with Crippen LogP contribution in [0, 0.1) is 12.7 Å². The van der Waals surface area contributed by atoms with Crippen molar-refractivity contribution >= 4 is 17.5 Å². The molecule has 0 aliphatic heterocycles. The Balaban J connectivity index is 2.36. The van der Waals surface area contributed by atoms with Crippen molar-refractivity contribution in [2.75, 3.05) is 17.2 Å². The van der Waals surface area contributed by atoms with Gasteiger partial charge in [0.1, 0.15) is 11.6 Å².